The molecular weight excluding hydrogens is 272 g/mol. The van der Waals surface area contributed by atoms with Gasteiger partial charge in [-0.25, -0.2) is 9.78 Å². The predicted molar refractivity (Wildman–Crippen MR) is 77.6 cm³/mol. The fourth-order valence-corrected chi connectivity index (χ4v) is 1.62. The summed E-state index contributed by atoms with van der Waals surface area (Å²) in [5, 5.41) is 3.05. The molecule has 0 unspecified atom stereocenters. The Morgan fingerprint density at radius 3 is 3.00 bits per heavy atom. The number of benzene rings is 1. The molecule has 2 aromatic rings. The second-order valence-corrected chi connectivity index (χ2v) is 4.07. The normalized spacial score (nSPS) is 10.0. The van der Waals surface area contributed by atoms with E-state index in [9.17, 15) is 4.79 Å². The maximum atomic E-state index is 11.4. The highest BCUT2D eigenvalue weighted by Gasteiger charge is 2.08. The Kier molecular flexibility index (Phi) is 5.05. The first kappa shape index (κ1) is 14.7. The van der Waals surface area contributed by atoms with E-state index in [1.165, 1.54) is 19.5 Å². The molecule has 7 heteroatoms. The molecule has 0 aliphatic carbocycles. The molecule has 110 valence electrons. The molecule has 0 atom stereocenters. The Balaban J connectivity index is 2.12. The zero-order valence-electron chi connectivity index (χ0n) is 11.6. The maximum absolute atomic E-state index is 11.4. The van der Waals surface area contributed by atoms with E-state index in [1.54, 1.807) is 0 Å². The van der Waals surface area contributed by atoms with Crippen LogP contribution in [-0.2, 0) is 4.74 Å². The van der Waals surface area contributed by atoms with Crippen LogP contribution in [0.15, 0.2) is 36.7 Å². The van der Waals surface area contributed by atoms with E-state index >= 15 is 0 Å². The summed E-state index contributed by atoms with van der Waals surface area (Å²) in [6.45, 7) is 0.894. The van der Waals surface area contributed by atoms with E-state index in [0.29, 0.717) is 24.7 Å². The molecule has 3 N–H and O–H groups in total. The van der Waals surface area contributed by atoms with Crippen molar-refractivity contribution in [3.8, 4) is 5.75 Å². The number of anilines is 2. The quantitative estimate of drug-likeness (QED) is 0.774. The molecule has 1 aromatic heterocycles. The van der Waals surface area contributed by atoms with Crippen molar-refractivity contribution in [1.82, 2.24) is 9.97 Å². The third-order valence-corrected chi connectivity index (χ3v) is 2.52. The number of carbonyl (C=O) groups excluding carboxylic acids is 1. The lowest BCUT2D eigenvalue weighted by atomic mass is 10.3. The summed E-state index contributed by atoms with van der Waals surface area (Å²) < 4.78 is 10.0. The van der Waals surface area contributed by atoms with E-state index < -0.39 is 5.97 Å². The van der Waals surface area contributed by atoms with Gasteiger partial charge < -0.3 is 20.5 Å². The largest absolute Gasteiger partial charge is 0.492 e. The number of ether oxygens (including phenoxy) is 2. The van der Waals surface area contributed by atoms with Crippen LogP contribution in [0.4, 0.5) is 11.5 Å². The van der Waals surface area contributed by atoms with E-state index in [2.05, 4.69) is 20.0 Å². The summed E-state index contributed by atoms with van der Waals surface area (Å²) in [7, 11) is 1.29. The third-order valence-electron chi connectivity index (χ3n) is 2.52. The lowest BCUT2D eigenvalue weighted by Gasteiger charge is -2.09. The first-order valence-electron chi connectivity index (χ1n) is 6.33. The lowest BCUT2D eigenvalue weighted by molar-refractivity contribution is 0.0593. The highest BCUT2D eigenvalue weighted by molar-refractivity contribution is 5.87. The highest BCUT2D eigenvalue weighted by Crippen LogP contribution is 2.20. The van der Waals surface area contributed by atoms with Gasteiger partial charge in [0, 0.05) is 18.3 Å². The van der Waals surface area contributed by atoms with Crippen LogP contribution in [0.25, 0.3) is 0 Å². The number of nitrogens with two attached hydrogens (primary N) is 1. The highest BCUT2D eigenvalue weighted by atomic mass is 16.5. The molecule has 0 aliphatic rings. The number of hydrogen-bond acceptors (Lipinski definition) is 7. The molecule has 2 rings (SSSR count). The van der Waals surface area contributed by atoms with Crippen molar-refractivity contribution in [2.75, 3.05) is 25.6 Å². The number of nitrogens with zero attached hydrogens (tertiary/aromatic N) is 2. The van der Waals surface area contributed by atoms with Gasteiger partial charge in [0.05, 0.1) is 19.5 Å². The van der Waals surface area contributed by atoms with E-state index in [1.807, 2.05) is 24.3 Å². The van der Waals surface area contributed by atoms with Crippen LogP contribution in [0.3, 0.4) is 0 Å². The number of hydrogen-bond donors (Lipinski definition) is 2. The van der Waals surface area contributed by atoms with Gasteiger partial charge in [-0.3, -0.25) is 4.98 Å². The number of nitrogens with one attached hydrogen (secondary N) is 1. The van der Waals surface area contributed by atoms with Crippen molar-refractivity contribution >= 4 is 17.5 Å². The van der Waals surface area contributed by atoms with Crippen molar-refractivity contribution in [2.45, 2.75) is 0 Å². The molecule has 0 aliphatic heterocycles. The maximum Gasteiger partial charge on any atom is 0.358 e. The SMILES string of the molecule is COC(=O)c1cncc(Nc2cccc(OCCN)c2)n1. The third kappa shape index (κ3) is 4.15. The van der Waals surface area contributed by atoms with Crippen LogP contribution in [0.5, 0.6) is 5.75 Å². The van der Waals surface area contributed by atoms with Gasteiger partial charge in [-0.2, -0.15) is 0 Å². The minimum atomic E-state index is -0.536. The van der Waals surface area contributed by atoms with E-state index in [0.717, 1.165) is 5.69 Å². The molecule has 1 heterocycles. The first-order chi connectivity index (χ1) is 10.2. The van der Waals surface area contributed by atoms with E-state index in [-0.39, 0.29) is 5.69 Å². The Labute approximate surface area is 122 Å². The fourth-order valence-electron chi connectivity index (χ4n) is 1.62. The number of esters is 1. The molecule has 7 nitrogen and oxygen atoms in total. The van der Waals surface area contributed by atoms with Crippen LogP contribution in [0, 0.1) is 0 Å². The van der Waals surface area contributed by atoms with Crippen LogP contribution >= 0.6 is 0 Å². The second-order valence-electron chi connectivity index (χ2n) is 4.07. The van der Waals surface area contributed by atoms with Gasteiger partial charge in [-0.15, -0.1) is 0 Å². The summed E-state index contributed by atoms with van der Waals surface area (Å²) in [5.41, 5.74) is 6.30. The monoisotopic (exact) mass is 288 g/mol. The van der Waals surface area contributed by atoms with E-state index in [4.69, 9.17) is 10.5 Å². The molecule has 1 aromatic carbocycles. The lowest BCUT2D eigenvalue weighted by Crippen LogP contribution is -2.10. The minimum absolute atomic E-state index is 0.137. The van der Waals surface area contributed by atoms with Gasteiger partial charge in [-0.05, 0) is 12.1 Å². The van der Waals surface area contributed by atoms with Gasteiger partial charge >= 0.3 is 5.97 Å². The molecular formula is C14H16N4O3. The van der Waals surface area contributed by atoms with Gasteiger partial charge in [0.15, 0.2) is 5.69 Å². The van der Waals surface area contributed by atoms with Crippen LogP contribution < -0.4 is 15.8 Å². The van der Waals surface area contributed by atoms with Crippen molar-refractivity contribution in [2.24, 2.45) is 5.73 Å². The van der Waals surface area contributed by atoms with Crippen LogP contribution in [0.1, 0.15) is 10.5 Å². The van der Waals surface area contributed by atoms with Crippen LogP contribution in [0.2, 0.25) is 0 Å². The summed E-state index contributed by atoms with van der Waals surface area (Å²) in [6.07, 6.45) is 2.86. The average molecular weight is 288 g/mol. The molecule has 0 spiro atoms. The van der Waals surface area contributed by atoms with Crippen LogP contribution in [-0.4, -0.2) is 36.2 Å². The number of methoxy groups -OCH3 is 1. The smallest absolute Gasteiger partial charge is 0.358 e. The van der Waals surface area contributed by atoms with Crippen molar-refractivity contribution in [3.63, 3.8) is 0 Å². The summed E-state index contributed by atoms with van der Waals surface area (Å²) in [6, 6.07) is 7.33. The molecule has 0 saturated heterocycles. The summed E-state index contributed by atoms with van der Waals surface area (Å²) in [5.74, 6) is 0.600. The molecule has 0 bridgehead atoms. The predicted octanol–water partition coefficient (Wildman–Crippen LogP) is 1.34. The van der Waals surface area contributed by atoms with Crippen molar-refractivity contribution in [3.05, 3.63) is 42.4 Å². The number of carbonyl (C=O) groups is 1. The average Bonchev–Trinajstić information content (AvgIpc) is 2.53. The topological polar surface area (TPSA) is 99.4 Å². The summed E-state index contributed by atoms with van der Waals surface area (Å²) >= 11 is 0. The molecule has 0 radical (unpaired) electrons. The van der Waals surface area contributed by atoms with Crippen molar-refractivity contribution in [1.29, 1.82) is 0 Å². The first-order valence-corrected chi connectivity index (χ1v) is 6.33. The number of rotatable bonds is 6. The fraction of sp³-hybridized carbons (Fsp3) is 0.214. The minimum Gasteiger partial charge on any atom is -0.492 e. The number of aromatic nitrogens is 2. The van der Waals surface area contributed by atoms with Gasteiger partial charge in [0.1, 0.15) is 18.2 Å². The molecule has 21 heavy (non-hydrogen) atoms. The van der Waals surface area contributed by atoms with Gasteiger partial charge in [0.25, 0.3) is 0 Å². The Morgan fingerprint density at radius 1 is 1.38 bits per heavy atom. The standard InChI is InChI=1S/C14H16N4O3/c1-20-14(19)12-8-16-9-13(18-12)17-10-3-2-4-11(7-10)21-6-5-15/h2-4,7-9H,5-6,15H2,1H3,(H,17,18). The van der Waals surface area contributed by atoms with Crippen molar-refractivity contribution < 1.29 is 14.3 Å². The zero-order chi connectivity index (χ0) is 15.1. The summed E-state index contributed by atoms with van der Waals surface area (Å²) in [4.78, 5) is 19.5. The van der Waals surface area contributed by atoms with Gasteiger partial charge in [0.2, 0.25) is 0 Å². The Morgan fingerprint density at radius 2 is 2.24 bits per heavy atom. The Bertz CT molecular complexity index is 619. The second kappa shape index (κ2) is 7.20. The van der Waals surface area contributed by atoms with Gasteiger partial charge in [-0.1, -0.05) is 6.07 Å². The molecule has 0 fully saturated rings. The zero-order valence-corrected chi connectivity index (χ0v) is 11.6. The Hall–Kier alpha value is -2.67. The molecule has 0 saturated carbocycles. The molecule has 0 amide bonds.